The predicted molar refractivity (Wildman–Crippen MR) is 133 cm³/mol. The molecule has 1 heterocycles. The maximum atomic E-state index is 11.8. The van der Waals surface area contributed by atoms with Crippen LogP contribution in [0.4, 0.5) is 10.5 Å². The smallest absolute Gasteiger partial charge is 0.312 e. The number of urea groups is 1. The van der Waals surface area contributed by atoms with Crippen LogP contribution in [0, 0.1) is 0 Å². The van der Waals surface area contributed by atoms with Crippen molar-refractivity contribution in [3.63, 3.8) is 0 Å². The first kappa shape index (κ1) is 23.6. The van der Waals surface area contributed by atoms with Crippen molar-refractivity contribution < 1.29 is 4.79 Å². The van der Waals surface area contributed by atoms with E-state index in [9.17, 15) is 4.79 Å². The molecule has 2 aromatic carbocycles. The van der Waals surface area contributed by atoms with Crippen molar-refractivity contribution in [2.45, 2.75) is 52.5 Å². The van der Waals surface area contributed by atoms with Gasteiger partial charge in [-0.05, 0) is 75.9 Å². The second kappa shape index (κ2) is 10.0. The Morgan fingerprint density at radius 1 is 1.09 bits per heavy atom. The topological polar surface area (TPSA) is 94.0 Å². The highest BCUT2D eigenvalue weighted by Crippen LogP contribution is 2.41. The Balaban J connectivity index is 2.33. The fourth-order valence-electron chi connectivity index (χ4n) is 4.33. The average molecular weight is 451 g/mol. The van der Waals surface area contributed by atoms with Gasteiger partial charge < -0.3 is 16.8 Å². The van der Waals surface area contributed by atoms with Crippen LogP contribution < -0.4 is 16.8 Å². The fraction of sp³-hybridized carbons (Fsp3) is 0.308. The molecule has 0 radical (unpaired) electrons. The number of primary amides is 1. The summed E-state index contributed by atoms with van der Waals surface area (Å²) in [6, 6.07) is 10.9. The molecule has 1 unspecified atom stereocenters. The molecule has 0 aliphatic carbocycles. The van der Waals surface area contributed by atoms with E-state index in [2.05, 4.69) is 50.1 Å². The first-order chi connectivity index (χ1) is 15.3. The van der Waals surface area contributed by atoms with Crippen LogP contribution in [0.2, 0.25) is 5.02 Å². The highest BCUT2D eigenvalue weighted by molar-refractivity contribution is 6.32. The Kier molecular flexibility index (Phi) is 7.41. The van der Waals surface area contributed by atoms with Gasteiger partial charge in [-0.2, -0.15) is 0 Å². The molecule has 0 saturated heterocycles. The van der Waals surface area contributed by atoms with Crippen LogP contribution in [0.5, 0.6) is 0 Å². The molecule has 0 saturated carbocycles. The zero-order valence-corrected chi connectivity index (χ0v) is 19.8. The number of nitrogens with two attached hydrogens (primary N) is 2. The van der Waals surface area contributed by atoms with Gasteiger partial charge in [0.15, 0.2) is 0 Å². The van der Waals surface area contributed by atoms with E-state index in [1.165, 1.54) is 5.56 Å². The van der Waals surface area contributed by atoms with Gasteiger partial charge in [-0.3, -0.25) is 4.98 Å². The molecule has 1 atom stereocenters. The molecule has 5 nitrogen and oxygen atoms in total. The number of nitrogen functional groups attached to an aromatic ring is 1. The maximum Gasteiger partial charge on any atom is 0.312 e. The van der Waals surface area contributed by atoms with E-state index >= 15 is 0 Å². The third kappa shape index (κ3) is 4.73. The largest absolute Gasteiger partial charge is 0.398 e. The highest BCUT2D eigenvalue weighted by atomic mass is 35.5. The Bertz CT molecular complexity index is 1080. The van der Waals surface area contributed by atoms with Crippen molar-refractivity contribution in [1.29, 1.82) is 0 Å². The lowest BCUT2D eigenvalue weighted by Gasteiger charge is -2.24. The number of hydrogen-bond donors (Lipinski definition) is 3. The summed E-state index contributed by atoms with van der Waals surface area (Å²) in [6.07, 6.45) is 5.02. The van der Waals surface area contributed by atoms with E-state index < -0.39 is 12.1 Å². The van der Waals surface area contributed by atoms with E-state index in [-0.39, 0.29) is 5.92 Å². The van der Waals surface area contributed by atoms with E-state index in [1.54, 1.807) is 12.4 Å². The lowest BCUT2D eigenvalue weighted by atomic mass is 9.83. The summed E-state index contributed by atoms with van der Waals surface area (Å²) >= 11 is 6.65. The maximum absolute atomic E-state index is 11.8. The van der Waals surface area contributed by atoms with Crippen molar-refractivity contribution in [2.75, 3.05) is 5.73 Å². The quantitative estimate of drug-likeness (QED) is 0.386. The van der Waals surface area contributed by atoms with Gasteiger partial charge in [-0.25, -0.2) is 4.79 Å². The number of anilines is 1. The zero-order chi connectivity index (χ0) is 23.4. The number of nitrogens with one attached hydrogen (secondary N) is 1. The predicted octanol–water partition coefficient (Wildman–Crippen LogP) is 5.99. The van der Waals surface area contributed by atoms with E-state index in [1.807, 2.05) is 24.3 Å². The standard InChI is InChI=1S/C26H31ClN4O/c1-5-18-22(27)13-23(28)19(6-2)24(18)21-12-16(9-10-20(21)15(3)4)25(31-26(29)32)17-8-7-11-30-14-17/h7-15,25H,5-6,28H2,1-4H3,(H3,29,31,32). The van der Waals surface area contributed by atoms with Crippen LogP contribution >= 0.6 is 11.6 Å². The van der Waals surface area contributed by atoms with E-state index in [4.69, 9.17) is 23.1 Å². The number of nitrogens with zero attached hydrogens (tertiary/aromatic N) is 1. The number of pyridine rings is 1. The summed E-state index contributed by atoms with van der Waals surface area (Å²) in [4.78, 5) is 16.0. The highest BCUT2D eigenvalue weighted by Gasteiger charge is 2.23. The molecule has 0 aliphatic heterocycles. The molecule has 0 bridgehead atoms. The summed E-state index contributed by atoms with van der Waals surface area (Å²) < 4.78 is 0. The molecular formula is C26H31ClN4O. The van der Waals surface area contributed by atoms with Crippen molar-refractivity contribution in [3.8, 4) is 11.1 Å². The average Bonchev–Trinajstić information content (AvgIpc) is 2.77. The number of halogens is 1. The Morgan fingerprint density at radius 3 is 2.38 bits per heavy atom. The lowest BCUT2D eigenvalue weighted by molar-refractivity contribution is 0.247. The van der Waals surface area contributed by atoms with Gasteiger partial charge >= 0.3 is 6.03 Å². The lowest BCUT2D eigenvalue weighted by Crippen LogP contribution is -2.33. The number of benzene rings is 2. The first-order valence-electron chi connectivity index (χ1n) is 11.0. The van der Waals surface area contributed by atoms with Gasteiger partial charge in [0, 0.05) is 23.1 Å². The second-order valence-corrected chi connectivity index (χ2v) is 8.62. The van der Waals surface area contributed by atoms with Gasteiger partial charge in [0.05, 0.1) is 6.04 Å². The number of hydrogen-bond acceptors (Lipinski definition) is 3. The molecule has 1 aromatic heterocycles. The van der Waals surface area contributed by atoms with Gasteiger partial charge in [0.25, 0.3) is 0 Å². The minimum absolute atomic E-state index is 0.287. The van der Waals surface area contributed by atoms with Crippen LogP contribution in [-0.4, -0.2) is 11.0 Å². The normalized spacial score (nSPS) is 12.1. The minimum Gasteiger partial charge on any atom is -0.398 e. The third-order valence-electron chi connectivity index (χ3n) is 5.84. The molecule has 3 rings (SSSR count). The Morgan fingerprint density at radius 2 is 1.81 bits per heavy atom. The molecule has 0 spiro atoms. The van der Waals surface area contributed by atoms with Crippen molar-refractivity contribution in [2.24, 2.45) is 5.73 Å². The number of rotatable bonds is 7. The molecule has 0 aliphatic rings. The molecule has 168 valence electrons. The second-order valence-electron chi connectivity index (χ2n) is 8.22. The SMILES string of the molecule is CCc1c(N)cc(Cl)c(CC)c1-c1cc(C(NC(N)=O)c2cccnc2)ccc1C(C)C. The number of aromatic nitrogens is 1. The van der Waals surface area contributed by atoms with E-state index in [0.717, 1.165) is 46.2 Å². The van der Waals surface area contributed by atoms with Gasteiger partial charge in [0.1, 0.15) is 0 Å². The fourth-order valence-corrected chi connectivity index (χ4v) is 4.68. The third-order valence-corrected chi connectivity index (χ3v) is 6.17. The van der Waals surface area contributed by atoms with Crippen molar-refractivity contribution >= 4 is 23.3 Å². The first-order valence-corrected chi connectivity index (χ1v) is 11.4. The van der Waals surface area contributed by atoms with Crippen LogP contribution in [0.15, 0.2) is 48.8 Å². The van der Waals surface area contributed by atoms with E-state index in [0.29, 0.717) is 10.7 Å². The molecule has 5 N–H and O–H groups in total. The van der Waals surface area contributed by atoms with Gasteiger partial charge in [-0.15, -0.1) is 0 Å². The summed E-state index contributed by atoms with van der Waals surface area (Å²) in [7, 11) is 0. The number of carbonyl (C=O) groups excluding carboxylic acids is 1. The van der Waals surface area contributed by atoms with Crippen LogP contribution in [0.1, 0.15) is 67.5 Å². The molecule has 6 heteroatoms. The number of carbonyl (C=O) groups is 1. The molecule has 2 amide bonds. The van der Waals surface area contributed by atoms with Crippen LogP contribution in [0.3, 0.4) is 0 Å². The summed E-state index contributed by atoms with van der Waals surface area (Å²) in [5, 5.41) is 3.55. The Labute approximate surface area is 195 Å². The van der Waals surface area contributed by atoms with Gasteiger partial charge in [-0.1, -0.05) is 57.5 Å². The van der Waals surface area contributed by atoms with Crippen LogP contribution in [0.25, 0.3) is 11.1 Å². The van der Waals surface area contributed by atoms with Crippen LogP contribution in [-0.2, 0) is 12.8 Å². The summed E-state index contributed by atoms with van der Waals surface area (Å²) in [6.45, 7) is 8.55. The van der Waals surface area contributed by atoms with Crippen molar-refractivity contribution in [3.05, 3.63) is 81.6 Å². The molecule has 3 aromatic rings. The summed E-state index contributed by atoms with van der Waals surface area (Å²) in [5.41, 5.74) is 19.9. The molecular weight excluding hydrogens is 420 g/mol. The number of amides is 2. The molecule has 32 heavy (non-hydrogen) atoms. The minimum atomic E-state index is -0.594. The Hall–Kier alpha value is -3.05. The monoisotopic (exact) mass is 450 g/mol. The van der Waals surface area contributed by atoms with Crippen molar-refractivity contribution in [1.82, 2.24) is 10.3 Å². The van der Waals surface area contributed by atoms with Gasteiger partial charge in [0.2, 0.25) is 0 Å². The zero-order valence-electron chi connectivity index (χ0n) is 19.1. The summed E-state index contributed by atoms with van der Waals surface area (Å²) in [5.74, 6) is 0.287. The molecule has 0 fully saturated rings.